The molecule has 0 bridgehead atoms. The van der Waals surface area contributed by atoms with Crippen LogP contribution in [0.2, 0.25) is 0 Å². The molecule has 1 amide bonds. The fraction of sp³-hybridized carbons (Fsp3) is 0.478. The normalized spacial score (nSPS) is 19.6. The van der Waals surface area contributed by atoms with E-state index in [1.165, 1.54) is 11.1 Å². The molecule has 1 saturated heterocycles. The Kier molecular flexibility index (Phi) is 5.65. The maximum Gasteiger partial charge on any atom is 0.408 e. The lowest BCUT2D eigenvalue weighted by Crippen LogP contribution is -2.48. The van der Waals surface area contributed by atoms with Gasteiger partial charge in [0.05, 0.1) is 10.5 Å². The van der Waals surface area contributed by atoms with Crippen LogP contribution in [0.4, 0.5) is 10.7 Å². The number of nitrogens with one attached hydrogen (secondary N) is 1. The van der Waals surface area contributed by atoms with E-state index in [2.05, 4.69) is 60.4 Å². The van der Waals surface area contributed by atoms with Gasteiger partial charge in [-0.1, -0.05) is 24.3 Å². The molecule has 1 atom stereocenters. The molecule has 8 heteroatoms. The van der Waals surface area contributed by atoms with E-state index in [9.17, 15) is 10.1 Å². The molecule has 1 aromatic heterocycles. The number of fused-ring (bicyclic) bond motifs is 1. The lowest BCUT2D eigenvalue weighted by atomic mass is 9.73. The fourth-order valence-corrected chi connectivity index (χ4v) is 4.93. The van der Waals surface area contributed by atoms with E-state index in [0.717, 1.165) is 32.4 Å². The van der Waals surface area contributed by atoms with Crippen LogP contribution in [0.1, 0.15) is 56.5 Å². The van der Waals surface area contributed by atoms with Gasteiger partial charge in [-0.2, -0.15) is 5.26 Å². The molecule has 162 valence electrons. The zero-order valence-corrected chi connectivity index (χ0v) is 19.6. The average Bonchev–Trinajstić information content (AvgIpc) is 3.00. The molecule has 0 saturated carbocycles. The van der Waals surface area contributed by atoms with Gasteiger partial charge in [0, 0.05) is 24.7 Å². The number of hydrogen-bond donors (Lipinski definition) is 1. The summed E-state index contributed by atoms with van der Waals surface area (Å²) in [5.41, 5.74) is 2.17. The largest absolute Gasteiger partial charge is 0.444 e. The molecule has 31 heavy (non-hydrogen) atoms. The number of benzene rings is 1. The van der Waals surface area contributed by atoms with Gasteiger partial charge in [0.25, 0.3) is 0 Å². The highest BCUT2D eigenvalue weighted by molar-refractivity contribution is 9.10. The van der Waals surface area contributed by atoms with Crippen molar-refractivity contribution < 1.29 is 9.53 Å². The Balaban J connectivity index is 1.55. The summed E-state index contributed by atoms with van der Waals surface area (Å²) in [6.45, 7) is 7.13. The highest BCUT2D eigenvalue weighted by Crippen LogP contribution is 2.52. The number of amides is 1. The fourth-order valence-electron chi connectivity index (χ4n) is 4.65. The van der Waals surface area contributed by atoms with Crippen molar-refractivity contribution in [2.75, 3.05) is 18.0 Å². The predicted molar refractivity (Wildman–Crippen MR) is 121 cm³/mol. The van der Waals surface area contributed by atoms with Crippen LogP contribution >= 0.6 is 15.9 Å². The van der Waals surface area contributed by atoms with Crippen LogP contribution < -0.4 is 10.2 Å². The third-order valence-corrected chi connectivity index (χ3v) is 6.64. The number of rotatable bonds is 2. The number of ether oxygens (including phenoxy) is 1. The summed E-state index contributed by atoms with van der Waals surface area (Å²) >= 11 is 3.31. The second-order valence-corrected chi connectivity index (χ2v) is 10.1. The number of nitrogens with zero attached hydrogens (tertiary/aromatic N) is 4. The minimum absolute atomic E-state index is 0.0789. The highest BCUT2D eigenvalue weighted by Gasteiger charge is 2.48. The van der Waals surface area contributed by atoms with Crippen LogP contribution in [0.15, 0.2) is 34.9 Å². The van der Waals surface area contributed by atoms with Gasteiger partial charge in [-0.15, -0.1) is 0 Å². The summed E-state index contributed by atoms with van der Waals surface area (Å²) in [4.78, 5) is 23.6. The summed E-state index contributed by atoms with van der Waals surface area (Å²) in [6, 6.07) is 10.3. The Hall–Kier alpha value is -2.66. The number of aromatic nitrogens is 2. The number of carbonyl (C=O) groups excluding carboxylic acids is 1. The average molecular weight is 484 g/mol. The SMILES string of the molecule is CC(C)(C)OC(=O)N[C@@H]1c2ccccc2CC12CCN(c1ncc(Br)c(C#N)n1)CC2. The number of hydrogen-bond acceptors (Lipinski definition) is 6. The van der Waals surface area contributed by atoms with Gasteiger partial charge in [-0.25, -0.2) is 14.8 Å². The zero-order chi connectivity index (χ0) is 22.2. The number of halogens is 1. The van der Waals surface area contributed by atoms with E-state index >= 15 is 0 Å². The molecular weight excluding hydrogens is 458 g/mol. The summed E-state index contributed by atoms with van der Waals surface area (Å²) in [5, 5.41) is 12.4. The van der Waals surface area contributed by atoms with Crippen LogP contribution in [0, 0.1) is 16.7 Å². The number of carbonyl (C=O) groups is 1. The minimum atomic E-state index is -0.546. The molecule has 0 unspecified atom stereocenters. The molecule has 1 aromatic carbocycles. The van der Waals surface area contributed by atoms with E-state index < -0.39 is 5.60 Å². The molecule has 2 heterocycles. The van der Waals surface area contributed by atoms with Crippen molar-refractivity contribution in [3.05, 3.63) is 51.8 Å². The molecule has 4 rings (SSSR count). The smallest absolute Gasteiger partial charge is 0.408 e. The first-order chi connectivity index (χ1) is 14.7. The van der Waals surface area contributed by atoms with Crippen molar-refractivity contribution >= 4 is 28.0 Å². The summed E-state index contributed by atoms with van der Waals surface area (Å²) in [5.74, 6) is 0.571. The Morgan fingerprint density at radius 2 is 2.03 bits per heavy atom. The van der Waals surface area contributed by atoms with Crippen molar-refractivity contribution in [2.45, 2.75) is 51.7 Å². The van der Waals surface area contributed by atoms with Crippen LogP contribution in [0.5, 0.6) is 0 Å². The zero-order valence-electron chi connectivity index (χ0n) is 18.0. The van der Waals surface area contributed by atoms with E-state index in [4.69, 9.17) is 4.74 Å². The van der Waals surface area contributed by atoms with Gasteiger partial charge in [0.15, 0.2) is 5.69 Å². The van der Waals surface area contributed by atoms with Gasteiger partial charge in [-0.3, -0.25) is 0 Å². The Morgan fingerprint density at radius 1 is 1.32 bits per heavy atom. The van der Waals surface area contributed by atoms with Gasteiger partial charge in [0.1, 0.15) is 11.7 Å². The third kappa shape index (κ3) is 4.38. The van der Waals surface area contributed by atoms with Crippen molar-refractivity contribution in [1.29, 1.82) is 5.26 Å². The number of piperidine rings is 1. The standard InChI is InChI=1S/C23H26BrN5O2/c1-22(2,3)31-21(30)28-19-16-7-5-4-6-15(16)12-23(19)8-10-29(11-9-23)20-26-14-17(24)18(13-25)27-20/h4-7,14,19H,8-12H2,1-3H3,(H,28,30)/t19-/m1/s1. The number of nitriles is 1. The molecule has 1 aliphatic heterocycles. The lowest BCUT2D eigenvalue weighted by Gasteiger charge is -2.43. The van der Waals surface area contributed by atoms with Crippen molar-refractivity contribution in [3.8, 4) is 6.07 Å². The lowest BCUT2D eigenvalue weighted by molar-refractivity contribution is 0.0428. The molecule has 2 aromatic rings. The van der Waals surface area contributed by atoms with Crippen LogP contribution in [0.3, 0.4) is 0 Å². The van der Waals surface area contributed by atoms with Crippen LogP contribution in [-0.4, -0.2) is 34.8 Å². The van der Waals surface area contributed by atoms with Crippen molar-refractivity contribution in [3.63, 3.8) is 0 Å². The highest BCUT2D eigenvalue weighted by atomic mass is 79.9. The maximum atomic E-state index is 12.6. The van der Waals surface area contributed by atoms with E-state index in [-0.39, 0.29) is 17.6 Å². The number of anilines is 1. The molecule has 1 fully saturated rings. The minimum Gasteiger partial charge on any atom is -0.444 e. The van der Waals surface area contributed by atoms with E-state index in [0.29, 0.717) is 16.1 Å². The molecular formula is C23H26BrN5O2. The van der Waals surface area contributed by atoms with Gasteiger partial charge >= 0.3 is 6.09 Å². The maximum absolute atomic E-state index is 12.6. The van der Waals surface area contributed by atoms with Crippen molar-refractivity contribution in [2.24, 2.45) is 5.41 Å². The molecule has 0 radical (unpaired) electrons. The Morgan fingerprint density at radius 3 is 2.71 bits per heavy atom. The van der Waals surface area contributed by atoms with E-state index in [1.807, 2.05) is 26.8 Å². The Bertz CT molecular complexity index is 1030. The predicted octanol–water partition coefficient (Wildman–Crippen LogP) is 4.52. The summed E-state index contributed by atoms with van der Waals surface area (Å²) < 4.78 is 6.16. The quantitative estimate of drug-likeness (QED) is 0.674. The van der Waals surface area contributed by atoms with E-state index in [1.54, 1.807) is 6.20 Å². The summed E-state index contributed by atoms with van der Waals surface area (Å²) in [6.07, 6.45) is 3.92. The molecule has 1 spiro atoms. The van der Waals surface area contributed by atoms with Crippen LogP contribution in [0.25, 0.3) is 0 Å². The van der Waals surface area contributed by atoms with Crippen molar-refractivity contribution in [1.82, 2.24) is 15.3 Å². The van der Waals surface area contributed by atoms with Crippen LogP contribution in [-0.2, 0) is 11.2 Å². The van der Waals surface area contributed by atoms with Gasteiger partial charge < -0.3 is 15.0 Å². The second kappa shape index (κ2) is 8.12. The second-order valence-electron chi connectivity index (χ2n) is 9.28. The summed E-state index contributed by atoms with van der Waals surface area (Å²) in [7, 11) is 0. The van der Waals surface area contributed by atoms with Gasteiger partial charge in [0.2, 0.25) is 5.95 Å². The first-order valence-electron chi connectivity index (χ1n) is 10.5. The first-order valence-corrected chi connectivity index (χ1v) is 11.2. The number of alkyl carbamates (subject to hydrolysis) is 1. The van der Waals surface area contributed by atoms with Gasteiger partial charge in [-0.05, 0) is 67.1 Å². The topological polar surface area (TPSA) is 91.1 Å². The molecule has 7 nitrogen and oxygen atoms in total. The third-order valence-electron chi connectivity index (χ3n) is 6.06. The monoisotopic (exact) mass is 483 g/mol. The molecule has 1 aliphatic carbocycles. The molecule has 1 N–H and O–H groups in total. The first kappa shape index (κ1) is 21.6. The molecule has 2 aliphatic rings. The Labute approximate surface area is 191 Å².